The summed E-state index contributed by atoms with van der Waals surface area (Å²) in [5.74, 6) is -0.876. The molecule has 1 aromatic heterocycles. The summed E-state index contributed by atoms with van der Waals surface area (Å²) in [6.07, 6.45) is 8.05. The summed E-state index contributed by atoms with van der Waals surface area (Å²) < 4.78 is 0. The van der Waals surface area contributed by atoms with E-state index >= 15 is 0 Å². The van der Waals surface area contributed by atoms with E-state index in [9.17, 15) is 14.4 Å². The first-order valence-corrected chi connectivity index (χ1v) is 10.7. The molecule has 148 valence electrons. The molecule has 1 aromatic rings. The lowest BCUT2D eigenvalue weighted by Crippen LogP contribution is -2.37. The highest BCUT2D eigenvalue weighted by molar-refractivity contribution is 7.17. The van der Waals surface area contributed by atoms with Crippen molar-refractivity contribution in [2.24, 2.45) is 5.92 Å². The van der Waals surface area contributed by atoms with Crippen LogP contribution in [0, 0.1) is 5.92 Å². The minimum Gasteiger partial charge on any atom is -0.481 e. The van der Waals surface area contributed by atoms with Gasteiger partial charge in [-0.1, -0.05) is 26.2 Å². The molecule has 0 aromatic carbocycles. The van der Waals surface area contributed by atoms with Crippen LogP contribution in [-0.2, 0) is 22.4 Å². The molecule has 7 heteroatoms. The van der Waals surface area contributed by atoms with Crippen molar-refractivity contribution in [3.63, 3.8) is 0 Å². The minimum atomic E-state index is -1.00. The van der Waals surface area contributed by atoms with E-state index in [-0.39, 0.29) is 30.7 Å². The number of carboxylic acids is 1. The second-order valence-electron chi connectivity index (χ2n) is 7.81. The highest BCUT2D eigenvalue weighted by Crippen LogP contribution is 2.40. The van der Waals surface area contributed by atoms with E-state index in [4.69, 9.17) is 5.11 Å². The van der Waals surface area contributed by atoms with Gasteiger partial charge in [-0.05, 0) is 43.6 Å². The van der Waals surface area contributed by atoms with Crippen molar-refractivity contribution in [3.8, 4) is 0 Å². The highest BCUT2D eigenvalue weighted by Gasteiger charge is 2.29. The second-order valence-corrected chi connectivity index (χ2v) is 8.91. The van der Waals surface area contributed by atoms with Gasteiger partial charge in [0.15, 0.2) is 0 Å². The number of fused-ring (bicyclic) bond motifs is 1. The van der Waals surface area contributed by atoms with Gasteiger partial charge in [0.25, 0.3) is 5.91 Å². The monoisotopic (exact) mass is 392 g/mol. The van der Waals surface area contributed by atoms with Crippen LogP contribution in [-0.4, -0.2) is 28.9 Å². The Balaban J connectivity index is 1.79. The Morgan fingerprint density at radius 1 is 1.11 bits per heavy atom. The number of anilines is 1. The first-order valence-electron chi connectivity index (χ1n) is 9.91. The van der Waals surface area contributed by atoms with Gasteiger partial charge in [-0.15, -0.1) is 11.3 Å². The summed E-state index contributed by atoms with van der Waals surface area (Å²) in [4.78, 5) is 37.1. The second kappa shape index (κ2) is 8.87. The molecule has 0 unspecified atom stereocenters. The third-order valence-corrected chi connectivity index (χ3v) is 6.67. The van der Waals surface area contributed by atoms with E-state index in [0.717, 1.165) is 50.5 Å². The average Bonchev–Trinajstić information content (AvgIpc) is 2.97. The quantitative estimate of drug-likeness (QED) is 0.687. The fraction of sp³-hybridized carbons (Fsp3) is 0.650. The average molecular weight is 393 g/mol. The van der Waals surface area contributed by atoms with E-state index in [1.165, 1.54) is 22.6 Å². The Bertz CT molecular complexity index is 722. The van der Waals surface area contributed by atoms with Gasteiger partial charge in [-0.25, -0.2) is 0 Å². The summed E-state index contributed by atoms with van der Waals surface area (Å²) in [6, 6.07) is 0.208. The van der Waals surface area contributed by atoms with Crippen LogP contribution in [0.15, 0.2) is 0 Å². The van der Waals surface area contributed by atoms with Crippen molar-refractivity contribution in [1.29, 1.82) is 0 Å². The van der Waals surface area contributed by atoms with Crippen LogP contribution in [0.2, 0.25) is 0 Å². The first kappa shape index (κ1) is 19.9. The smallest absolute Gasteiger partial charge is 0.303 e. The molecule has 1 saturated carbocycles. The van der Waals surface area contributed by atoms with Gasteiger partial charge in [0.1, 0.15) is 5.00 Å². The molecule has 1 atom stereocenters. The summed E-state index contributed by atoms with van der Waals surface area (Å²) >= 11 is 1.48. The van der Waals surface area contributed by atoms with Crippen LogP contribution in [0.5, 0.6) is 0 Å². The number of carbonyl (C=O) groups excluding carboxylic acids is 2. The van der Waals surface area contributed by atoms with Crippen molar-refractivity contribution in [1.82, 2.24) is 5.32 Å². The Labute approximate surface area is 163 Å². The molecule has 3 rings (SSSR count). The highest BCUT2D eigenvalue weighted by atomic mass is 32.1. The first-order chi connectivity index (χ1) is 12.9. The van der Waals surface area contributed by atoms with Crippen molar-refractivity contribution in [3.05, 3.63) is 16.0 Å². The number of hydrogen-bond acceptors (Lipinski definition) is 4. The zero-order chi connectivity index (χ0) is 19.4. The molecule has 0 spiro atoms. The third-order valence-electron chi connectivity index (χ3n) is 5.50. The van der Waals surface area contributed by atoms with Crippen LogP contribution in [0.4, 0.5) is 5.00 Å². The van der Waals surface area contributed by atoms with Gasteiger partial charge in [0.05, 0.1) is 12.0 Å². The number of carboxylic acid groups (broad SMARTS) is 1. The van der Waals surface area contributed by atoms with Crippen LogP contribution in [0.1, 0.15) is 79.1 Å². The molecule has 1 heterocycles. The lowest BCUT2D eigenvalue weighted by molar-refractivity contribution is -0.138. The van der Waals surface area contributed by atoms with Gasteiger partial charge >= 0.3 is 5.97 Å². The van der Waals surface area contributed by atoms with Gasteiger partial charge in [-0.2, -0.15) is 0 Å². The minimum absolute atomic E-state index is 0.0853. The number of amides is 2. The molecular formula is C20H28N2O4S. The van der Waals surface area contributed by atoms with Gasteiger partial charge < -0.3 is 15.7 Å². The van der Waals surface area contributed by atoms with Crippen molar-refractivity contribution in [2.45, 2.75) is 77.2 Å². The largest absolute Gasteiger partial charge is 0.481 e. The molecule has 0 radical (unpaired) electrons. The maximum absolute atomic E-state index is 13.0. The maximum atomic E-state index is 13.0. The molecule has 0 aliphatic heterocycles. The van der Waals surface area contributed by atoms with Crippen LogP contribution >= 0.6 is 11.3 Å². The number of nitrogens with one attached hydrogen (secondary N) is 2. The fourth-order valence-corrected chi connectivity index (χ4v) is 5.42. The maximum Gasteiger partial charge on any atom is 0.303 e. The predicted octanol–water partition coefficient (Wildman–Crippen LogP) is 3.74. The van der Waals surface area contributed by atoms with Gasteiger partial charge in [-0.3, -0.25) is 14.4 Å². The van der Waals surface area contributed by atoms with Gasteiger partial charge in [0, 0.05) is 17.3 Å². The number of hydrogen-bond donors (Lipinski definition) is 3. The molecule has 2 aliphatic rings. The van der Waals surface area contributed by atoms with E-state index in [1.54, 1.807) is 0 Å². The van der Waals surface area contributed by atoms with Crippen molar-refractivity contribution in [2.75, 3.05) is 5.32 Å². The van der Waals surface area contributed by atoms with E-state index in [0.29, 0.717) is 16.5 Å². The molecule has 0 saturated heterocycles. The van der Waals surface area contributed by atoms with E-state index in [2.05, 4.69) is 17.6 Å². The molecule has 6 nitrogen and oxygen atoms in total. The predicted molar refractivity (Wildman–Crippen MR) is 105 cm³/mol. The Morgan fingerprint density at radius 3 is 2.56 bits per heavy atom. The molecule has 27 heavy (non-hydrogen) atoms. The molecule has 2 amide bonds. The van der Waals surface area contributed by atoms with Crippen LogP contribution in [0.3, 0.4) is 0 Å². The zero-order valence-electron chi connectivity index (χ0n) is 15.8. The normalized spacial score (nSPS) is 20.0. The topological polar surface area (TPSA) is 95.5 Å². The molecule has 0 bridgehead atoms. The summed E-state index contributed by atoms with van der Waals surface area (Å²) in [5.41, 5.74) is 1.68. The van der Waals surface area contributed by atoms with E-state index < -0.39 is 5.97 Å². The lowest BCUT2D eigenvalue weighted by Gasteiger charge is -2.24. The molecule has 3 N–H and O–H groups in total. The summed E-state index contributed by atoms with van der Waals surface area (Å²) in [6.45, 7) is 2.20. The Hall–Kier alpha value is -1.89. The van der Waals surface area contributed by atoms with E-state index in [1.807, 2.05) is 0 Å². The Kier molecular flexibility index (Phi) is 6.52. The number of aliphatic carboxylic acids is 1. The molecule has 2 aliphatic carbocycles. The van der Waals surface area contributed by atoms with Crippen LogP contribution in [0.25, 0.3) is 0 Å². The summed E-state index contributed by atoms with van der Waals surface area (Å²) in [5, 5.41) is 15.3. The van der Waals surface area contributed by atoms with Crippen molar-refractivity contribution >= 4 is 34.1 Å². The number of carbonyl (C=O) groups is 3. The summed E-state index contributed by atoms with van der Waals surface area (Å²) in [7, 11) is 0. The number of thiophene rings is 1. The number of rotatable bonds is 6. The zero-order valence-corrected chi connectivity index (χ0v) is 16.6. The van der Waals surface area contributed by atoms with Crippen LogP contribution < -0.4 is 10.6 Å². The van der Waals surface area contributed by atoms with Crippen molar-refractivity contribution < 1.29 is 19.5 Å². The fourth-order valence-electron chi connectivity index (χ4n) is 3.99. The third kappa shape index (κ3) is 5.09. The SMILES string of the molecule is C[C@@H]1CCc2c(sc(NC(=O)CCC(=O)O)c2C(=O)NC2CCCCC2)C1. The standard InChI is InChI=1S/C20H28N2O4S/c1-12-7-8-14-15(11-12)27-20(22-16(23)9-10-17(24)25)18(14)19(26)21-13-5-3-2-4-6-13/h12-13H,2-11H2,1H3,(H,21,26)(H,22,23)(H,24,25)/t12-/m1/s1. The van der Waals surface area contributed by atoms with Gasteiger partial charge in [0.2, 0.25) is 5.91 Å². The molecular weight excluding hydrogens is 364 g/mol. The lowest BCUT2D eigenvalue weighted by atomic mass is 9.88. The molecule has 1 fully saturated rings. The Morgan fingerprint density at radius 2 is 1.85 bits per heavy atom.